The van der Waals surface area contributed by atoms with Crippen molar-refractivity contribution in [1.29, 1.82) is 0 Å². The molecule has 2 aromatic rings. The minimum absolute atomic E-state index is 0.0420. The summed E-state index contributed by atoms with van der Waals surface area (Å²) in [5, 5.41) is 9.55. The SMILES string of the molecule is Cc1ccccc1NC(=O)C(=O)NCC(c1ccsc1)N1CCOCC1. The second kappa shape index (κ2) is 8.93. The van der Waals surface area contributed by atoms with Crippen LogP contribution in [0.2, 0.25) is 0 Å². The summed E-state index contributed by atoms with van der Waals surface area (Å²) >= 11 is 1.63. The summed E-state index contributed by atoms with van der Waals surface area (Å²) in [4.78, 5) is 26.7. The molecular formula is C19H23N3O3S. The van der Waals surface area contributed by atoms with Gasteiger partial charge in [-0.05, 0) is 40.9 Å². The number of rotatable bonds is 5. The van der Waals surface area contributed by atoms with Gasteiger partial charge in [0.05, 0.1) is 19.3 Å². The lowest BCUT2D eigenvalue weighted by Gasteiger charge is -2.34. The molecule has 1 aliphatic rings. The Hall–Kier alpha value is -2.22. The van der Waals surface area contributed by atoms with Crippen LogP contribution < -0.4 is 10.6 Å². The minimum Gasteiger partial charge on any atom is -0.379 e. The van der Waals surface area contributed by atoms with Crippen molar-refractivity contribution in [2.45, 2.75) is 13.0 Å². The largest absolute Gasteiger partial charge is 0.379 e. The fraction of sp³-hybridized carbons (Fsp3) is 0.368. The number of morpholine rings is 1. The van der Waals surface area contributed by atoms with Crippen LogP contribution in [0.4, 0.5) is 5.69 Å². The maximum atomic E-state index is 12.3. The van der Waals surface area contributed by atoms with Crippen LogP contribution in [-0.4, -0.2) is 49.6 Å². The quantitative estimate of drug-likeness (QED) is 0.788. The van der Waals surface area contributed by atoms with Gasteiger partial charge >= 0.3 is 11.8 Å². The van der Waals surface area contributed by atoms with E-state index < -0.39 is 11.8 Å². The Morgan fingerprint density at radius 3 is 2.65 bits per heavy atom. The molecule has 1 aromatic heterocycles. The Balaban J connectivity index is 1.60. The molecule has 1 atom stereocenters. The van der Waals surface area contributed by atoms with Gasteiger partial charge < -0.3 is 15.4 Å². The summed E-state index contributed by atoms with van der Waals surface area (Å²) in [6.07, 6.45) is 0. The third-order valence-corrected chi connectivity index (χ3v) is 5.17. The molecule has 1 aromatic carbocycles. The molecule has 0 spiro atoms. The maximum absolute atomic E-state index is 12.3. The molecule has 6 nitrogen and oxygen atoms in total. The van der Waals surface area contributed by atoms with Crippen molar-refractivity contribution in [3.05, 3.63) is 52.2 Å². The zero-order valence-electron chi connectivity index (χ0n) is 14.7. The summed E-state index contributed by atoms with van der Waals surface area (Å²) in [6.45, 7) is 5.26. The molecule has 0 saturated carbocycles. The molecule has 1 saturated heterocycles. The van der Waals surface area contributed by atoms with Crippen LogP contribution in [0.5, 0.6) is 0 Å². The lowest BCUT2D eigenvalue weighted by atomic mass is 10.1. The van der Waals surface area contributed by atoms with Crippen molar-refractivity contribution in [1.82, 2.24) is 10.2 Å². The number of anilines is 1. The Morgan fingerprint density at radius 2 is 1.96 bits per heavy atom. The lowest BCUT2D eigenvalue weighted by Crippen LogP contribution is -2.45. The number of nitrogens with zero attached hydrogens (tertiary/aromatic N) is 1. The van der Waals surface area contributed by atoms with Crippen molar-refractivity contribution >= 4 is 28.8 Å². The maximum Gasteiger partial charge on any atom is 0.313 e. The van der Waals surface area contributed by atoms with Gasteiger partial charge in [-0.1, -0.05) is 18.2 Å². The Kier molecular flexibility index (Phi) is 6.38. The van der Waals surface area contributed by atoms with E-state index in [1.165, 1.54) is 0 Å². The second-order valence-electron chi connectivity index (χ2n) is 6.20. The number of ether oxygens (including phenoxy) is 1. The number of para-hydroxylation sites is 1. The van der Waals surface area contributed by atoms with Crippen LogP contribution in [0.3, 0.4) is 0 Å². The number of benzene rings is 1. The highest BCUT2D eigenvalue weighted by molar-refractivity contribution is 7.08. The molecule has 2 heterocycles. The Morgan fingerprint density at radius 1 is 1.19 bits per heavy atom. The van der Waals surface area contributed by atoms with Gasteiger partial charge in [0, 0.05) is 25.3 Å². The second-order valence-corrected chi connectivity index (χ2v) is 6.98. The van der Waals surface area contributed by atoms with Crippen LogP contribution in [0.25, 0.3) is 0 Å². The fourth-order valence-corrected chi connectivity index (χ4v) is 3.68. The van der Waals surface area contributed by atoms with E-state index in [2.05, 4.69) is 27.0 Å². The molecule has 1 unspecified atom stereocenters. The number of amides is 2. The number of hydrogen-bond acceptors (Lipinski definition) is 5. The van der Waals surface area contributed by atoms with E-state index in [1.54, 1.807) is 17.4 Å². The van der Waals surface area contributed by atoms with Gasteiger partial charge in [0.2, 0.25) is 0 Å². The molecule has 0 radical (unpaired) electrons. The summed E-state index contributed by atoms with van der Waals surface area (Å²) in [5.41, 5.74) is 2.71. The summed E-state index contributed by atoms with van der Waals surface area (Å²) in [5.74, 6) is -1.27. The van der Waals surface area contributed by atoms with Crippen molar-refractivity contribution in [3.8, 4) is 0 Å². The highest BCUT2D eigenvalue weighted by Gasteiger charge is 2.24. The van der Waals surface area contributed by atoms with Gasteiger partial charge in [-0.3, -0.25) is 14.5 Å². The van der Waals surface area contributed by atoms with Gasteiger partial charge in [-0.25, -0.2) is 0 Å². The summed E-state index contributed by atoms with van der Waals surface area (Å²) < 4.78 is 5.42. The molecule has 138 valence electrons. The molecule has 1 fully saturated rings. The summed E-state index contributed by atoms with van der Waals surface area (Å²) in [7, 11) is 0. The van der Waals surface area contributed by atoms with Gasteiger partial charge in [-0.2, -0.15) is 11.3 Å². The molecule has 1 aliphatic heterocycles. The smallest absolute Gasteiger partial charge is 0.313 e. The van der Waals surface area contributed by atoms with Crippen LogP contribution in [0.15, 0.2) is 41.1 Å². The molecule has 26 heavy (non-hydrogen) atoms. The minimum atomic E-state index is -0.648. The van der Waals surface area contributed by atoms with Crippen LogP contribution in [0, 0.1) is 6.92 Å². The van der Waals surface area contributed by atoms with E-state index in [0.29, 0.717) is 25.4 Å². The van der Waals surface area contributed by atoms with E-state index in [0.717, 1.165) is 24.2 Å². The first-order valence-corrected chi connectivity index (χ1v) is 9.58. The third-order valence-electron chi connectivity index (χ3n) is 4.47. The molecule has 2 amide bonds. The first-order valence-electron chi connectivity index (χ1n) is 8.64. The van der Waals surface area contributed by atoms with Crippen molar-refractivity contribution < 1.29 is 14.3 Å². The van der Waals surface area contributed by atoms with Crippen LogP contribution in [-0.2, 0) is 14.3 Å². The number of thiophene rings is 1. The highest BCUT2D eigenvalue weighted by atomic mass is 32.1. The van der Waals surface area contributed by atoms with E-state index in [-0.39, 0.29) is 6.04 Å². The zero-order valence-corrected chi connectivity index (χ0v) is 15.6. The third kappa shape index (κ3) is 4.69. The molecule has 0 bridgehead atoms. The van der Waals surface area contributed by atoms with Gasteiger partial charge in [0.1, 0.15) is 0 Å². The van der Waals surface area contributed by atoms with E-state index >= 15 is 0 Å². The fourth-order valence-electron chi connectivity index (χ4n) is 2.97. The zero-order chi connectivity index (χ0) is 18.4. The standard InChI is InChI=1S/C19H23N3O3S/c1-14-4-2-3-5-16(14)21-19(24)18(23)20-12-17(15-6-11-26-13-15)22-7-9-25-10-8-22/h2-6,11,13,17H,7-10,12H2,1H3,(H,20,23)(H,21,24). The Labute approximate surface area is 157 Å². The predicted molar refractivity (Wildman–Crippen MR) is 102 cm³/mol. The van der Waals surface area contributed by atoms with Crippen molar-refractivity contribution in [2.24, 2.45) is 0 Å². The average Bonchev–Trinajstić information content (AvgIpc) is 3.19. The topological polar surface area (TPSA) is 70.7 Å². The average molecular weight is 373 g/mol. The molecule has 7 heteroatoms. The van der Waals surface area contributed by atoms with Crippen molar-refractivity contribution in [2.75, 3.05) is 38.2 Å². The lowest BCUT2D eigenvalue weighted by molar-refractivity contribution is -0.136. The number of hydrogen-bond donors (Lipinski definition) is 2. The van der Waals surface area contributed by atoms with Crippen molar-refractivity contribution in [3.63, 3.8) is 0 Å². The van der Waals surface area contributed by atoms with Gasteiger partial charge in [0.25, 0.3) is 0 Å². The highest BCUT2D eigenvalue weighted by Crippen LogP contribution is 2.23. The molecular weight excluding hydrogens is 350 g/mol. The molecule has 2 N–H and O–H groups in total. The summed E-state index contributed by atoms with van der Waals surface area (Å²) in [6, 6.07) is 9.48. The number of carbonyl (C=O) groups excluding carboxylic acids is 2. The first-order chi connectivity index (χ1) is 12.6. The van der Waals surface area contributed by atoms with E-state index in [1.807, 2.05) is 30.5 Å². The molecule has 3 rings (SSSR count). The normalized spacial score (nSPS) is 16.0. The predicted octanol–water partition coefficient (Wildman–Crippen LogP) is 2.18. The van der Waals surface area contributed by atoms with E-state index in [9.17, 15) is 9.59 Å². The monoisotopic (exact) mass is 373 g/mol. The number of carbonyl (C=O) groups is 2. The number of aryl methyl sites for hydroxylation is 1. The Bertz CT molecular complexity index is 742. The van der Waals surface area contributed by atoms with Gasteiger partial charge in [0.15, 0.2) is 0 Å². The van der Waals surface area contributed by atoms with E-state index in [4.69, 9.17) is 4.74 Å². The van der Waals surface area contributed by atoms with Gasteiger partial charge in [-0.15, -0.1) is 0 Å². The van der Waals surface area contributed by atoms with Crippen LogP contribution >= 0.6 is 11.3 Å². The van der Waals surface area contributed by atoms with Crippen LogP contribution in [0.1, 0.15) is 17.2 Å². The molecule has 0 aliphatic carbocycles. The first kappa shape index (κ1) is 18.6. The number of nitrogens with one attached hydrogen (secondary N) is 2.